The van der Waals surface area contributed by atoms with Crippen LogP contribution in [0.1, 0.15) is 38.5 Å². The van der Waals surface area contributed by atoms with Gasteiger partial charge in [0.2, 0.25) is 5.95 Å². The molecule has 2 aromatic rings. The third-order valence-corrected chi connectivity index (χ3v) is 3.49. The Balaban J connectivity index is 2.13. The molecule has 0 amide bonds. The van der Waals surface area contributed by atoms with Gasteiger partial charge in [0.25, 0.3) is 0 Å². The van der Waals surface area contributed by atoms with Crippen LogP contribution in [-0.4, -0.2) is 27.3 Å². The van der Waals surface area contributed by atoms with E-state index in [1.54, 1.807) is 23.9 Å². The fourth-order valence-electron chi connectivity index (χ4n) is 2.62. The highest BCUT2D eigenvalue weighted by atomic mass is 16.5. The van der Waals surface area contributed by atoms with E-state index in [1.807, 2.05) is 6.07 Å². The number of nitrogens with one attached hydrogen (secondary N) is 1. The van der Waals surface area contributed by atoms with Crippen molar-refractivity contribution in [2.24, 2.45) is 0 Å². The summed E-state index contributed by atoms with van der Waals surface area (Å²) in [6.07, 6.45) is 4.65. The molecule has 116 valence electrons. The second-order valence-corrected chi connectivity index (χ2v) is 4.93. The number of nitrogens with zero attached hydrogens (tertiary/aromatic N) is 3. The molecule has 1 atom stereocenters. The fourth-order valence-corrected chi connectivity index (χ4v) is 2.62. The van der Waals surface area contributed by atoms with Gasteiger partial charge >= 0.3 is 5.97 Å². The van der Waals surface area contributed by atoms with Crippen molar-refractivity contribution in [3.8, 4) is 0 Å². The molecular formula is C15H18N4O3. The topological polar surface area (TPSA) is 82.2 Å². The van der Waals surface area contributed by atoms with Gasteiger partial charge in [-0.05, 0) is 25.5 Å². The average Bonchev–Trinajstić information content (AvgIpc) is 3.17. The molecule has 0 fully saturated rings. The first-order valence-corrected chi connectivity index (χ1v) is 7.36. The van der Waals surface area contributed by atoms with Crippen LogP contribution >= 0.6 is 0 Å². The molecular weight excluding hydrogens is 284 g/mol. The van der Waals surface area contributed by atoms with E-state index in [9.17, 15) is 4.79 Å². The van der Waals surface area contributed by atoms with Crippen LogP contribution in [0.2, 0.25) is 0 Å². The summed E-state index contributed by atoms with van der Waals surface area (Å²) < 4.78 is 12.4. The highest BCUT2D eigenvalue weighted by molar-refractivity contribution is 5.92. The van der Waals surface area contributed by atoms with Crippen molar-refractivity contribution >= 4 is 11.9 Å². The molecule has 3 rings (SSSR count). The van der Waals surface area contributed by atoms with Crippen molar-refractivity contribution in [2.75, 3.05) is 11.9 Å². The average molecular weight is 302 g/mol. The van der Waals surface area contributed by atoms with Gasteiger partial charge in [-0.3, -0.25) is 0 Å². The van der Waals surface area contributed by atoms with E-state index in [2.05, 4.69) is 22.3 Å². The summed E-state index contributed by atoms with van der Waals surface area (Å²) >= 11 is 0. The summed E-state index contributed by atoms with van der Waals surface area (Å²) in [6.45, 7) is 4.16. The standard InChI is InChI=1S/C15H18N4O3/c1-3-6-10-12(14(20)21-4-2)13(11-7-5-8-22-11)19-15(18-10)16-9-17-19/h5,7-9,13H,3-4,6H2,1-2H3,(H,16,17,18)/t13-/m0/s1. The number of carbonyl (C=O) groups excluding carboxylic acids is 1. The van der Waals surface area contributed by atoms with Crippen molar-refractivity contribution in [3.63, 3.8) is 0 Å². The molecule has 7 heteroatoms. The number of anilines is 1. The van der Waals surface area contributed by atoms with E-state index >= 15 is 0 Å². The Bertz CT molecular complexity index is 687. The molecule has 3 heterocycles. The van der Waals surface area contributed by atoms with Gasteiger partial charge in [-0.1, -0.05) is 13.3 Å². The zero-order chi connectivity index (χ0) is 15.5. The van der Waals surface area contributed by atoms with E-state index < -0.39 is 6.04 Å². The van der Waals surface area contributed by atoms with Crippen molar-refractivity contribution in [2.45, 2.75) is 32.7 Å². The summed E-state index contributed by atoms with van der Waals surface area (Å²) in [5, 5.41) is 7.41. The monoisotopic (exact) mass is 302 g/mol. The number of hydrogen-bond donors (Lipinski definition) is 1. The van der Waals surface area contributed by atoms with Crippen molar-refractivity contribution in [3.05, 3.63) is 41.8 Å². The normalized spacial score (nSPS) is 17.1. The number of carbonyl (C=O) groups is 1. The SMILES string of the molecule is CCCC1=C(C(=O)OCC)[C@H](c2ccco2)n2ncnc2N1. The number of hydrogen-bond acceptors (Lipinski definition) is 6. The van der Waals surface area contributed by atoms with Crippen LogP contribution in [0.15, 0.2) is 40.4 Å². The van der Waals surface area contributed by atoms with E-state index in [1.165, 1.54) is 6.33 Å². The van der Waals surface area contributed by atoms with Gasteiger partial charge in [0.05, 0.1) is 18.4 Å². The van der Waals surface area contributed by atoms with E-state index in [4.69, 9.17) is 9.15 Å². The van der Waals surface area contributed by atoms with Gasteiger partial charge in [-0.25, -0.2) is 9.48 Å². The Hall–Kier alpha value is -2.57. The summed E-state index contributed by atoms with van der Waals surface area (Å²) in [4.78, 5) is 16.7. The number of fused-ring (bicyclic) bond motifs is 1. The van der Waals surface area contributed by atoms with E-state index in [0.717, 1.165) is 18.5 Å². The van der Waals surface area contributed by atoms with Gasteiger partial charge in [0.15, 0.2) is 0 Å². The number of esters is 1. The molecule has 0 aliphatic carbocycles. The minimum atomic E-state index is -0.464. The zero-order valence-electron chi connectivity index (χ0n) is 12.6. The van der Waals surface area contributed by atoms with Crippen LogP contribution in [0.25, 0.3) is 0 Å². The smallest absolute Gasteiger partial charge is 0.338 e. The molecule has 0 saturated carbocycles. The molecule has 0 saturated heterocycles. The molecule has 2 aromatic heterocycles. The number of allylic oxidation sites excluding steroid dienone is 1. The van der Waals surface area contributed by atoms with Crippen LogP contribution in [0.5, 0.6) is 0 Å². The lowest BCUT2D eigenvalue weighted by atomic mass is 9.98. The highest BCUT2D eigenvalue weighted by Crippen LogP contribution is 2.36. The lowest BCUT2D eigenvalue weighted by Gasteiger charge is -2.27. The number of ether oxygens (including phenoxy) is 1. The molecule has 1 aliphatic heterocycles. The van der Waals surface area contributed by atoms with Gasteiger partial charge in [-0.2, -0.15) is 10.1 Å². The predicted octanol–water partition coefficient (Wildman–Crippen LogP) is 2.50. The maximum atomic E-state index is 12.5. The summed E-state index contributed by atoms with van der Waals surface area (Å²) in [6, 6.07) is 3.15. The largest absolute Gasteiger partial charge is 0.467 e. The zero-order valence-corrected chi connectivity index (χ0v) is 12.6. The van der Waals surface area contributed by atoms with E-state index in [-0.39, 0.29) is 5.97 Å². The molecule has 1 N–H and O–H groups in total. The van der Waals surface area contributed by atoms with Crippen molar-refractivity contribution < 1.29 is 13.9 Å². The maximum absolute atomic E-state index is 12.5. The van der Waals surface area contributed by atoms with Crippen LogP contribution in [0.4, 0.5) is 5.95 Å². The molecule has 0 unspecified atom stereocenters. The van der Waals surface area contributed by atoms with Crippen LogP contribution in [-0.2, 0) is 9.53 Å². The Morgan fingerprint density at radius 3 is 3.05 bits per heavy atom. The van der Waals surface area contributed by atoms with Gasteiger partial charge < -0.3 is 14.5 Å². The number of aromatic nitrogens is 3. The third kappa shape index (κ3) is 2.38. The van der Waals surface area contributed by atoms with Gasteiger partial charge in [0.1, 0.15) is 18.1 Å². The highest BCUT2D eigenvalue weighted by Gasteiger charge is 2.36. The summed E-state index contributed by atoms with van der Waals surface area (Å²) in [5.41, 5.74) is 1.33. The van der Waals surface area contributed by atoms with Gasteiger partial charge in [0, 0.05) is 5.70 Å². The Labute approximate surface area is 128 Å². The summed E-state index contributed by atoms with van der Waals surface area (Å²) in [5.74, 6) is 0.865. The quantitative estimate of drug-likeness (QED) is 0.855. The third-order valence-electron chi connectivity index (χ3n) is 3.49. The van der Waals surface area contributed by atoms with Crippen molar-refractivity contribution in [1.29, 1.82) is 0 Å². The first-order valence-electron chi connectivity index (χ1n) is 7.36. The Morgan fingerprint density at radius 1 is 1.50 bits per heavy atom. The minimum absolute atomic E-state index is 0.316. The number of furan rings is 1. The lowest BCUT2D eigenvalue weighted by Crippen LogP contribution is -2.30. The molecule has 1 aliphatic rings. The fraction of sp³-hybridized carbons (Fsp3) is 0.400. The van der Waals surface area contributed by atoms with Gasteiger partial charge in [-0.15, -0.1) is 0 Å². The molecule has 0 aromatic carbocycles. The Kier molecular flexibility index (Phi) is 3.95. The van der Waals surface area contributed by atoms with Crippen LogP contribution < -0.4 is 5.32 Å². The Morgan fingerprint density at radius 2 is 2.36 bits per heavy atom. The van der Waals surface area contributed by atoms with Crippen molar-refractivity contribution in [1.82, 2.24) is 14.8 Å². The number of rotatable bonds is 5. The lowest BCUT2D eigenvalue weighted by molar-refractivity contribution is -0.139. The molecule has 22 heavy (non-hydrogen) atoms. The summed E-state index contributed by atoms with van der Waals surface area (Å²) in [7, 11) is 0. The maximum Gasteiger partial charge on any atom is 0.338 e. The first kappa shape index (κ1) is 14.4. The minimum Gasteiger partial charge on any atom is -0.467 e. The van der Waals surface area contributed by atoms with Crippen LogP contribution in [0, 0.1) is 0 Å². The molecule has 7 nitrogen and oxygen atoms in total. The second kappa shape index (κ2) is 6.05. The molecule has 0 bridgehead atoms. The first-order chi connectivity index (χ1) is 10.8. The van der Waals surface area contributed by atoms with E-state index in [0.29, 0.717) is 23.9 Å². The molecule has 0 spiro atoms. The van der Waals surface area contributed by atoms with Crippen LogP contribution in [0.3, 0.4) is 0 Å². The predicted molar refractivity (Wildman–Crippen MR) is 79.1 cm³/mol. The second-order valence-electron chi connectivity index (χ2n) is 4.93. The molecule has 0 radical (unpaired) electrons.